The van der Waals surface area contributed by atoms with E-state index in [1.807, 2.05) is 0 Å². The van der Waals surface area contributed by atoms with Crippen LogP contribution in [-0.2, 0) is 4.79 Å². The van der Waals surface area contributed by atoms with Crippen LogP contribution in [0, 0.1) is 5.82 Å². The van der Waals surface area contributed by atoms with Gasteiger partial charge in [-0.15, -0.1) is 0 Å². The lowest BCUT2D eigenvalue weighted by Gasteiger charge is -2.19. The largest absolute Gasteiger partial charge is 0.486 e. The summed E-state index contributed by atoms with van der Waals surface area (Å²) in [4.78, 5) is 23.9. The van der Waals surface area contributed by atoms with Crippen LogP contribution >= 0.6 is 11.6 Å². The van der Waals surface area contributed by atoms with Gasteiger partial charge in [0.1, 0.15) is 19.0 Å². The highest BCUT2D eigenvalue weighted by molar-refractivity contribution is 6.33. The van der Waals surface area contributed by atoms with E-state index < -0.39 is 17.6 Å². The Morgan fingerprint density at radius 2 is 1.88 bits per heavy atom. The van der Waals surface area contributed by atoms with Gasteiger partial charge in [0.25, 0.3) is 5.91 Å². The number of nitrogens with one attached hydrogen (secondary N) is 2. The SMILES string of the molecule is O=C(CNC(=O)c1c(F)cccc1Cl)Nc1ccc2c(c1)OCCO2. The molecule has 2 amide bonds. The fourth-order valence-electron chi connectivity index (χ4n) is 2.29. The van der Waals surface area contributed by atoms with Crippen molar-refractivity contribution in [1.82, 2.24) is 5.32 Å². The van der Waals surface area contributed by atoms with Gasteiger partial charge in [-0.05, 0) is 24.3 Å². The lowest BCUT2D eigenvalue weighted by molar-refractivity contribution is -0.115. The lowest BCUT2D eigenvalue weighted by atomic mass is 10.2. The average molecular weight is 365 g/mol. The molecule has 1 heterocycles. The topological polar surface area (TPSA) is 76.7 Å². The van der Waals surface area contributed by atoms with E-state index in [1.165, 1.54) is 12.1 Å². The van der Waals surface area contributed by atoms with Crippen molar-refractivity contribution < 1.29 is 23.5 Å². The zero-order valence-corrected chi connectivity index (χ0v) is 13.7. The first kappa shape index (κ1) is 17.0. The maximum absolute atomic E-state index is 13.7. The van der Waals surface area contributed by atoms with E-state index in [0.717, 1.165) is 6.07 Å². The highest BCUT2D eigenvalue weighted by Crippen LogP contribution is 2.32. The first-order valence-corrected chi connectivity index (χ1v) is 7.84. The van der Waals surface area contributed by atoms with Crippen LogP contribution in [0.3, 0.4) is 0 Å². The van der Waals surface area contributed by atoms with Gasteiger partial charge in [-0.25, -0.2) is 4.39 Å². The van der Waals surface area contributed by atoms with Crippen LogP contribution in [0.15, 0.2) is 36.4 Å². The van der Waals surface area contributed by atoms with Gasteiger partial charge in [-0.2, -0.15) is 0 Å². The molecule has 0 fully saturated rings. The molecule has 2 aromatic carbocycles. The fourth-order valence-corrected chi connectivity index (χ4v) is 2.54. The minimum atomic E-state index is -0.763. The average Bonchev–Trinajstić information content (AvgIpc) is 2.60. The smallest absolute Gasteiger partial charge is 0.256 e. The highest BCUT2D eigenvalue weighted by atomic mass is 35.5. The second kappa shape index (κ2) is 7.40. The third-order valence-electron chi connectivity index (χ3n) is 3.43. The van der Waals surface area contributed by atoms with Crippen molar-refractivity contribution in [3.63, 3.8) is 0 Å². The van der Waals surface area contributed by atoms with Crippen molar-refractivity contribution in [1.29, 1.82) is 0 Å². The normalized spacial score (nSPS) is 12.4. The number of ether oxygens (including phenoxy) is 2. The van der Waals surface area contributed by atoms with E-state index in [1.54, 1.807) is 18.2 Å². The van der Waals surface area contributed by atoms with Gasteiger partial charge in [0.2, 0.25) is 5.91 Å². The maximum Gasteiger partial charge on any atom is 0.256 e. The second-order valence-electron chi connectivity index (χ2n) is 5.19. The molecule has 0 saturated heterocycles. The molecule has 0 bridgehead atoms. The van der Waals surface area contributed by atoms with Crippen LogP contribution < -0.4 is 20.1 Å². The zero-order valence-electron chi connectivity index (χ0n) is 13.0. The number of benzene rings is 2. The summed E-state index contributed by atoms with van der Waals surface area (Å²) >= 11 is 5.81. The number of fused-ring (bicyclic) bond motifs is 1. The molecule has 1 aliphatic rings. The summed E-state index contributed by atoms with van der Waals surface area (Å²) in [6.07, 6.45) is 0. The first-order chi connectivity index (χ1) is 12.0. The number of anilines is 1. The molecule has 0 unspecified atom stereocenters. The summed E-state index contributed by atoms with van der Waals surface area (Å²) in [7, 11) is 0. The van der Waals surface area contributed by atoms with Crippen LogP contribution in [0.25, 0.3) is 0 Å². The van der Waals surface area contributed by atoms with E-state index in [0.29, 0.717) is 30.4 Å². The monoisotopic (exact) mass is 364 g/mol. The van der Waals surface area contributed by atoms with Gasteiger partial charge in [0.05, 0.1) is 17.1 Å². The van der Waals surface area contributed by atoms with Gasteiger partial charge < -0.3 is 20.1 Å². The van der Waals surface area contributed by atoms with Gasteiger partial charge in [-0.1, -0.05) is 17.7 Å². The minimum absolute atomic E-state index is 0.0234. The molecule has 25 heavy (non-hydrogen) atoms. The quantitative estimate of drug-likeness (QED) is 0.874. The lowest BCUT2D eigenvalue weighted by Crippen LogP contribution is -2.33. The van der Waals surface area contributed by atoms with Crippen LogP contribution in [0.5, 0.6) is 11.5 Å². The summed E-state index contributed by atoms with van der Waals surface area (Å²) in [5.41, 5.74) is 0.198. The van der Waals surface area contributed by atoms with Crippen molar-refractivity contribution >= 4 is 29.1 Å². The fraction of sp³-hybridized carbons (Fsp3) is 0.176. The number of hydrogen-bond acceptors (Lipinski definition) is 4. The van der Waals surface area contributed by atoms with Crippen molar-refractivity contribution in [3.8, 4) is 11.5 Å². The number of halogens is 2. The maximum atomic E-state index is 13.7. The van der Waals surface area contributed by atoms with Crippen LogP contribution in [0.2, 0.25) is 5.02 Å². The van der Waals surface area contributed by atoms with Gasteiger partial charge >= 0.3 is 0 Å². The third kappa shape index (κ3) is 4.00. The van der Waals surface area contributed by atoms with Crippen molar-refractivity contribution in [2.45, 2.75) is 0 Å². The third-order valence-corrected chi connectivity index (χ3v) is 3.74. The summed E-state index contributed by atoms with van der Waals surface area (Å²) in [5.74, 6) is -0.854. The molecule has 6 nitrogen and oxygen atoms in total. The molecule has 0 aromatic heterocycles. The molecule has 0 radical (unpaired) electrons. The Morgan fingerprint density at radius 1 is 1.12 bits per heavy atom. The molecule has 130 valence electrons. The molecule has 8 heteroatoms. The molecule has 0 saturated carbocycles. The number of amides is 2. The van der Waals surface area contributed by atoms with Gasteiger partial charge in [-0.3, -0.25) is 9.59 Å². The molecule has 0 aliphatic carbocycles. The van der Waals surface area contributed by atoms with Crippen LogP contribution in [-0.4, -0.2) is 31.6 Å². The van der Waals surface area contributed by atoms with Crippen molar-refractivity contribution in [2.24, 2.45) is 0 Å². The highest BCUT2D eigenvalue weighted by Gasteiger charge is 2.17. The molecule has 3 rings (SSSR count). The zero-order chi connectivity index (χ0) is 17.8. The van der Waals surface area contributed by atoms with Crippen molar-refractivity contribution in [3.05, 3.63) is 52.8 Å². The number of rotatable bonds is 4. The predicted molar refractivity (Wildman–Crippen MR) is 89.8 cm³/mol. The van der Waals surface area contributed by atoms with E-state index in [9.17, 15) is 14.0 Å². The standard InChI is InChI=1S/C17H14ClFN2O4/c18-11-2-1-3-12(19)16(11)17(23)20-9-15(22)21-10-4-5-13-14(8-10)25-7-6-24-13/h1-5,8H,6-7,9H2,(H,20,23)(H,21,22). The Bertz CT molecular complexity index is 808. The molecule has 1 aliphatic heterocycles. The minimum Gasteiger partial charge on any atom is -0.486 e. The molecule has 0 spiro atoms. The summed E-state index contributed by atoms with van der Waals surface area (Å²) < 4.78 is 24.5. The van der Waals surface area contributed by atoms with E-state index in [2.05, 4.69) is 10.6 Å². The predicted octanol–water partition coefficient (Wildman–Crippen LogP) is 2.62. The molecule has 2 N–H and O–H groups in total. The van der Waals surface area contributed by atoms with E-state index in [4.69, 9.17) is 21.1 Å². The van der Waals surface area contributed by atoms with Crippen molar-refractivity contribution in [2.75, 3.05) is 25.1 Å². The van der Waals surface area contributed by atoms with E-state index in [-0.39, 0.29) is 17.1 Å². The second-order valence-corrected chi connectivity index (χ2v) is 5.59. The Balaban J connectivity index is 1.59. The Hall–Kier alpha value is -2.80. The first-order valence-electron chi connectivity index (χ1n) is 7.46. The Labute approximate surface area is 147 Å². The summed E-state index contributed by atoms with van der Waals surface area (Å²) in [5, 5.41) is 4.92. The molecule has 0 atom stereocenters. The van der Waals surface area contributed by atoms with Crippen LogP contribution in [0.1, 0.15) is 10.4 Å². The molecule has 2 aromatic rings. The van der Waals surface area contributed by atoms with Crippen LogP contribution in [0.4, 0.5) is 10.1 Å². The van der Waals surface area contributed by atoms with Gasteiger partial charge in [0, 0.05) is 11.8 Å². The molecular weight excluding hydrogens is 351 g/mol. The molecular formula is C17H14ClFN2O4. The Morgan fingerprint density at radius 3 is 2.64 bits per heavy atom. The van der Waals surface area contributed by atoms with Gasteiger partial charge in [0.15, 0.2) is 11.5 Å². The summed E-state index contributed by atoms with van der Waals surface area (Å²) in [6.45, 7) is 0.575. The number of hydrogen-bond donors (Lipinski definition) is 2. The van der Waals surface area contributed by atoms with E-state index >= 15 is 0 Å². The Kier molecular flexibility index (Phi) is 5.04. The number of carbonyl (C=O) groups excluding carboxylic acids is 2. The number of carbonyl (C=O) groups is 2. The summed E-state index contributed by atoms with van der Waals surface area (Å²) in [6, 6.07) is 8.87.